The van der Waals surface area contributed by atoms with Crippen LogP contribution in [0.4, 0.5) is 0 Å². The zero-order valence-electron chi connectivity index (χ0n) is 27.6. The highest BCUT2D eigenvalue weighted by molar-refractivity contribution is 5.78. The van der Waals surface area contributed by atoms with E-state index in [0.29, 0.717) is 67.9 Å². The lowest BCUT2D eigenvalue weighted by Gasteiger charge is -2.45. The minimum absolute atomic E-state index is 0.0125. The average molecular weight is 619 g/mol. The fourth-order valence-corrected chi connectivity index (χ4v) is 8.92. The van der Waals surface area contributed by atoms with Crippen LogP contribution in [-0.4, -0.2) is 110 Å². The van der Waals surface area contributed by atoms with E-state index in [1.807, 2.05) is 0 Å². The van der Waals surface area contributed by atoms with Crippen LogP contribution in [0.5, 0.6) is 0 Å². The van der Waals surface area contributed by atoms with Crippen LogP contribution in [0.3, 0.4) is 0 Å². The summed E-state index contributed by atoms with van der Waals surface area (Å²) in [6, 6.07) is 1.95. The van der Waals surface area contributed by atoms with Crippen molar-refractivity contribution in [2.75, 3.05) is 39.5 Å². The monoisotopic (exact) mass is 618 g/mol. The lowest BCUT2D eigenvalue weighted by atomic mass is 9.72. The van der Waals surface area contributed by atoms with Crippen molar-refractivity contribution in [3.05, 3.63) is 0 Å². The van der Waals surface area contributed by atoms with E-state index in [0.717, 1.165) is 58.2 Å². The van der Waals surface area contributed by atoms with Gasteiger partial charge < -0.3 is 30.1 Å². The second-order valence-electron chi connectivity index (χ2n) is 15.4. The van der Waals surface area contributed by atoms with Crippen molar-refractivity contribution in [2.45, 2.75) is 146 Å². The molecule has 4 saturated heterocycles. The molecule has 10 nitrogen and oxygen atoms in total. The topological polar surface area (TPSA) is 119 Å². The van der Waals surface area contributed by atoms with Crippen LogP contribution in [0.15, 0.2) is 0 Å². The summed E-state index contributed by atoms with van der Waals surface area (Å²) in [6.07, 6.45) is 12.3. The van der Waals surface area contributed by atoms with Gasteiger partial charge in [0, 0.05) is 42.7 Å². The van der Waals surface area contributed by atoms with Crippen LogP contribution in [0.2, 0.25) is 0 Å². The molecule has 6 rings (SSSR count). The molecule has 4 aliphatic heterocycles. The molecule has 0 aromatic carbocycles. The van der Waals surface area contributed by atoms with Gasteiger partial charge in [0.25, 0.3) is 0 Å². The third-order valence-corrected chi connectivity index (χ3v) is 12.3. The van der Waals surface area contributed by atoms with Gasteiger partial charge >= 0.3 is 0 Å². The first kappa shape index (κ1) is 33.1. The summed E-state index contributed by atoms with van der Waals surface area (Å²) in [6.45, 7) is 11.6. The Kier molecular flexibility index (Phi) is 11.5. The molecule has 4 heterocycles. The number of nitrogens with one attached hydrogen (secondary N) is 5. The molecule has 0 radical (unpaired) electrons. The Morgan fingerprint density at radius 1 is 1.00 bits per heavy atom. The molecular weight excluding hydrogens is 556 g/mol. The zero-order chi connectivity index (χ0) is 30.6. The molecule has 2 saturated carbocycles. The number of ether oxygens (including phenoxy) is 2. The van der Waals surface area contributed by atoms with Crippen LogP contribution in [-0.2, 0) is 14.3 Å². The molecule has 0 spiro atoms. The van der Waals surface area contributed by atoms with Crippen molar-refractivity contribution in [1.29, 1.82) is 0 Å². The Hall–Kier alpha value is -0.850. The quantitative estimate of drug-likeness (QED) is 0.207. The highest BCUT2D eigenvalue weighted by Gasteiger charge is 2.40. The number of carbonyl (C=O) groups excluding carboxylic acids is 1. The Morgan fingerprint density at radius 3 is 2.52 bits per heavy atom. The Bertz CT molecular complexity index is 914. The molecule has 252 valence electrons. The number of aliphatic hydroxyl groups is 1. The van der Waals surface area contributed by atoms with E-state index in [1.54, 1.807) is 0 Å². The molecule has 0 bridgehead atoms. The Morgan fingerprint density at radius 2 is 1.82 bits per heavy atom. The van der Waals surface area contributed by atoms with Crippen molar-refractivity contribution in [1.82, 2.24) is 31.5 Å². The molecule has 6 fully saturated rings. The molecule has 10 heteroatoms. The van der Waals surface area contributed by atoms with Crippen LogP contribution in [0.25, 0.3) is 0 Å². The predicted octanol–water partition coefficient (Wildman–Crippen LogP) is 1.92. The number of likely N-dealkylation sites (tertiary alicyclic amines) is 1. The van der Waals surface area contributed by atoms with Crippen LogP contribution in [0.1, 0.15) is 91.4 Å². The minimum atomic E-state index is -0.566. The van der Waals surface area contributed by atoms with Crippen molar-refractivity contribution in [3.63, 3.8) is 0 Å². The van der Waals surface area contributed by atoms with Crippen LogP contribution >= 0.6 is 0 Å². The van der Waals surface area contributed by atoms with Gasteiger partial charge in [-0.15, -0.1) is 0 Å². The number of fused-ring (bicyclic) bond motifs is 1. The standard InChI is InChI=1S/C34H62N6O4/c1-21(2)40-11-9-23(10-12-40)29-15-25(16-33(39-29)38-27-5-4-6-27)34(42)36-18-31(41)30-14-24-7-8-28(13-26(24)17-35-30)43-19-32-22(3)37-20-44-32/h21-33,35,37-39,41H,4-20H2,1-3H3,(H,36,42)/t22?,24?,25?,26?,28?,29?,30-,31+,32?,33?/m0/s1. The van der Waals surface area contributed by atoms with Gasteiger partial charge in [-0.05, 0) is 122 Å². The summed E-state index contributed by atoms with van der Waals surface area (Å²) in [7, 11) is 0. The summed E-state index contributed by atoms with van der Waals surface area (Å²) < 4.78 is 12.0. The molecule has 8 unspecified atom stereocenters. The molecule has 6 aliphatic rings. The van der Waals surface area contributed by atoms with Gasteiger partial charge in [-0.3, -0.25) is 20.7 Å². The number of amides is 1. The third-order valence-electron chi connectivity index (χ3n) is 12.3. The molecule has 0 aromatic heterocycles. The Labute approximate surface area is 265 Å². The SMILES string of the molecule is CC1NCOC1COC1CCC2C[C@@H]([C@H](O)CNC(=O)C3CC(NC4CCC4)NC(C4CCN(C(C)C)CC4)C3)NCC2C1. The molecule has 44 heavy (non-hydrogen) atoms. The maximum absolute atomic E-state index is 13.6. The van der Waals surface area contributed by atoms with Gasteiger partial charge in [0.15, 0.2) is 0 Å². The van der Waals surface area contributed by atoms with Gasteiger partial charge in [-0.2, -0.15) is 0 Å². The largest absolute Gasteiger partial charge is 0.390 e. The summed E-state index contributed by atoms with van der Waals surface area (Å²) in [5, 5.41) is 29.1. The number of hydrogen-bond donors (Lipinski definition) is 6. The smallest absolute Gasteiger partial charge is 0.223 e. The number of nitrogens with zero attached hydrogens (tertiary/aromatic N) is 1. The van der Waals surface area contributed by atoms with Crippen LogP contribution < -0.4 is 26.6 Å². The number of aliphatic hydroxyl groups excluding tert-OH is 1. The number of carbonyl (C=O) groups is 1. The number of rotatable bonds is 11. The van der Waals surface area contributed by atoms with Crippen molar-refractivity contribution in [3.8, 4) is 0 Å². The Balaban J connectivity index is 0.948. The lowest BCUT2D eigenvalue weighted by Crippen LogP contribution is -2.61. The minimum Gasteiger partial charge on any atom is -0.390 e. The average Bonchev–Trinajstić information content (AvgIpc) is 3.44. The fourth-order valence-electron chi connectivity index (χ4n) is 8.92. The van der Waals surface area contributed by atoms with Crippen LogP contribution in [0, 0.1) is 23.7 Å². The first-order chi connectivity index (χ1) is 21.3. The molecule has 6 N–H and O–H groups in total. The van der Waals surface area contributed by atoms with Gasteiger partial charge in [-0.25, -0.2) is 0 Å². The maximum atomic E-state index is 13.6. The van der Waals surface area contributed by atoms with Gasteiger partial charge in [0.05, 0.1) is 37.8 Å². The maximum Gasteiger partial charge on any atom is 0.223 e. The molecule has 10 atom stereocenters. The van der Waals surface area contributed by atoms with E-state index in [2.05, 4.69) is 52.3 Å². The van der Waals surface area contributed by atoms with E-state index in [9.17, 15) is 9.90 Å². The molecule has 2 aliphatic carbocycles. The van der Waals surface area contributed by atoms with Gasteiger partial charge in [-0.1, -0.05) is 6.42 Å². The summed E-state index contributed by atoms with van der Waals surface area (Å²) in [5.41, 5.74) is 0. The van der Waals surface area contributed by atoms with Crippen molar-refractivity contribution in [2.24, 2.45) is 23.7 Å². The number of piperidine rings is 3. The fraction of sp³-hybridized carbons (Fsp3) is 0.971. The molecule has 0 aromatic rings. The van der Waals surface area contributed by atoms with E-state index in [4.69, 9.17) is 9.47 Å². The van der Waals surface area contributed by atoms with E-state index < -0.39 is 6.10 Å². The van der Waals surface area contributed by atoms with Crippen molar-refractivity contribution >= 4 is 5.91 Å². The number of hydrogen-bond acceptors (Lipinski definition) is 9. The predicted molar refractivity (Wildman–Crippen MR) is 172 cm³/mol. The van der Waals surface area contributed by atoms with Gasteiger partial charge in [0.2, 0.25) is 5.91 Å². The second kappa shape index (κ2) is 15.4. The highest BCUT2D eigenvalue weighted by atomic mass is 16.5. The summed E-state index contributed by atoms with van der Waals surface area (Å²) in [5.74, 6) is 1.93. The summed E-state index contributed by atoms with van der Waals surface area (Å²) >= 11 is 0. The third kappa shape index (κ3) is 8.35. The van der Waals surface area contributed by atoms with E-state index >= 15 is 0 Å². The molecule has 1 amide bonds. The second-order valence-corrected chi connectivity index (χ2v) is 15.4. The van der Waals surface area contributed by atoms with Crippen molar-refractivity contribution < 1.29 is 19.4 Å². The first-order valence-corrected chi connectivity index (χ1v) is 18.2. The van der Waals surface area contributed by atoms with E-state index in [1.165, 1.54) is 32.1 Å². The van der Waals surface area contributed by atoms with Gasteiger partial charge in [0.1, 0.15) is 0 Å². The highest BCUT2D eigenvalue weighted by Crippen LogP contribution is 2.38. The zero-order valence-corrected chi connectivity index (χ0v) is 27.6. The lowest BCUT2D eigenvalue weighted by molar-refractivity contribution is -0.127. The normalized spacial score (nSPS) is 40.0. The van der Waals surface area contributed by atoms with E-state index in [-0.39, 0.29) is 30.1 Å². The molecular formula is C34H62N6O4. The summed E-state index contributed by atoms with van der Waals surface area (Å²) in [4.78, 5) is 16.2. The first-order valence-electron chi connectivity index (χ1n) is 18.2.